The molecule has 1 aromatic rings. The molecule has 0 spiro atoms. The average molecular weight is 332 g/mol. The maximum Gasteiger partial charge on any atom is 0.514 e. The van der Waals surface area contributed by atoms with Gasteiger partial charge in [-0.1, -0.05) is 32.6 Å². The van der Waals surface area contributed by atoms with E-state index in [2.05, 4.69) is 6.92 Å². The average Bonchev–Trinajstić information content (AvgIpc) is 3.38. The molecule has 5 nitrogen and oxygen atoms in total. The highest BCUT2D eigenvalue weighted by molar-refractivity contribution is 5.98. The molecule has 1 aliphatic carbocycles. The lowest BCUT2D eigenvalue weighted by atomic mass is 10.0. The van der Waals surface area contributed by atoms with Gasteiger partial charge in [0.25, 0.3) is 0 Å². The zero-order valence-corrected chi connectivity index (χ0v) is 14.1. The van der Waals surface area contributed by atoms with Crippen molar-refractivity contribution in [2.75, 3.05) is 0 Å². The first-order valence-electron chi connectivity index (χ1n) is 8.65. The molecule has 1 aliphatic rings. The molecule has 0 saturated heterocycles. The van der Waals surface area contributed by atoms with Gasteiger partial charge in [0, 0.05) is 12.0 Å². The molecule has 0 atom stereocenters. The second kappa shape index (κ2) is 9.21. The quantitative estimate of drug-likeness (QED) is 0.204. The van der Waals surface area contributed by atoms with Gasteiger partial charge in [-0.05, 0) is 37.5 Å². The summed E-state index contributed by atoms with van der Waals surface area (Å²) in [4.78, 5) is 34.9. The number of unbranched alkanes of at least 4 members (excludes halogenated alkanes) is 4. The van der Waals surface area contributed by atoms with Crippen LogP contribution in [-0.2, 0) is 4.74 Å². The Hall–Kier alpha value is -2.17. The lowest BCUT2D eigenvalue weighted by molar-refractivity contribution is 0.0919. The van der Waals surface area contributed by atoms with Crippen LogP contribution in [0.1, 0.15) is 79.0 Å². The summed E-state index contributed by atoms with van der Waals surface area (Å²) < 4.78 is 10.0. The van der Waals surface area contributed by atoms with Crippen LogP contribution in [0.2, 0.25) is 0 Å². The Kier molecular flexibility index (Phi) is 6.97. The predicted octanol–water partition coefficient (Wildman–Crippen LogP) is 4.72. The zero-order chi connectivity index (χ0) is 17.4. The van der Waals surface area contributed by atoms with Crippen molar-refractivity contribution in [3.05, 3.63) is 29.3 Å². The first-order valence-corrected chi connectivity index (χ1v) is 8.65. The fourth-order valence-electron chi connectivity index (χ4n) is 2.38. The van der Waals surface area contributed by atoms with Crippen molar-refractivity contribution in [2.24, 2.45) is 0 Å². The number of rotatable bonds is 10. The Morgan fingerprint density at radius 2 is 1.92 bits per heavy atom. The van der Waals surface area contributed by atoms with Crippen molar-refractivity contribution in [3.63, 3.8) is 0 Å². The smallest absolute Gasteiger partial charge is 0.431 e. The fourth-order valence-corrected chi connectivity index (χ4v) is 2.38. The minimum Gasteiger partial charge on any atom is -0.431 e. The van der Waals surface area contributed by atoms with E-state index in [9.17, 15) is 14.4 Å². The number of ether oxygens (including phenoxy) is 2. The Morgan fingerprint density at radius 3 is 2.58 bits per heavy atom. The van der Waals surface area contributed by atoms with Crippen molar-refractivity contribution in [1.29, 1.82) is 0 Å². The van der Waals surface area contributed by atoms with E-state index in [1.54, 1.807) is 6.07 Å². The second-order valence-electron chi connectivity index (χ2n) is 6.13. The topological polar surface area (TPSA) is 69.7 Å². The fraction of sp³-hybridized carbons (Fsp3) is 0.526. The third-order valence-corrected chi connectivity index (χ3v) is 3.95. The van der Waals surface area contributed by atoms with Gasteiger partial charge in [-0.2, -0.15) is 0 Å². The van der Waals surface area contributed by atoms with Crippen LogP contribution in [0.3, 0.4) is 0 Å². The highest BCUT2D eigenvalue weighted by Gasteiger charge is 2.27. The number of Topliss-reactive ketones (excluding diaryl/α,β-unsaturated/α-hetero) is 1. The molecule has 0 N–H and O–H groups in total. The summed E-state index contributed by atoms with van der Waals surface area (Å²) in [6.07, 6.45) is 7.25. The Balaban J connectivity index is 1.90. The summed E-state index contributed by atoms with van der Waals surface area (Å²) >= 11 is 0. The van der Waals surface area contributed by atoms with E-state index < -0.39 is 6.16 Å². The van der Waals surface area contributed by atoms with Gasteiger partial charge >= 0.3 is 6.16 Å². The Bertz CT molecular complexity index is 589. The number of aldehydes is 1. The monoisotopic (exact) mass is 332 g/mol. The molecule has 0 heterocycles. The largest absolute Gasteiger partial charge is 0.514 e. The maximum atomic E-state index is 12.2. The lowest BCUT2D eigenvalue weighted by Crippen LogP contribution is -2.13. The zero-order valence-electron chi connectivity index (χ0n) is 14.1. The summed E-state index contributed by atoms with van der Waals surface area (Å²) in [6, 6.07) is 4.53. The number of hydrogen-bond acceptors (Lipinski definition) is 5. The maximum absolute atomic E-state index is 12.2. The molecule has 5 heteroatoms. The van der Waals surface area contributed by atoms with Crippen LogP contribution in [0.5, 0.6) is 5.75 Å². The predicted molar refractivity (Wildman–Crippen MR) is 89.7 cm³/mol. The van der Waals surface area contributed by atoms with Crippen LogP contribution in [0.25, 0.3) is 0 Å². The Labute approximate surface area is 142 Å². The summed E-state index contributed by atoms with van der Waals surface area (Å²) in [5.41, 5.74) is 0.648. The van der Waals surface area contributed by atoms with Crippen molar-refractivity contribution in [1.82, 2.24) is 0 Å². The molecule has 0 radical (unpaired) electrons. The number of carbonyl (C=O) groups excluding carboxylic acids is 3. The van der Waals surface area contributed by atoms with Gasteiger partial charge in [0.1, 0.15) is 11.9 Å². The minimum atomic E-state index is -0.810. The Morgan fingerprint density at radius 1 is 1.17 bits per heavy atom. The van der Waals surface area contributed by atoms with Crippen LogP contribution in [0.4, 0.5) is 4.79 Å². The highest BCUT2D eigenvalue weighted by Crippen LogP contribution is 2.25. The van der Waals surface area contributed by atoms with Crippen LogP contribution < -0.4 is 4.74 Å². The van der Waals surface area contributed by atoms with Gasteiger partial charge in [0.2, 0.25) is 0 Å². The van der Waals surface area contributed by atoms with Gasteiger partial charge in [-0.15, -0.1) is 0 Å². The van der Waals surface area contributed by atoms with Gasteiger partial charge in [0.15, 0.2) is 12.1 Å². The number of carbonyl (C=O) groups is 3. The lowest BCUT2D eigenvalue weighted by Gasteiger charge is -2.08. The third-order valence-electron chi connectivity index (χ3n) is 3.95. The molecule has 0 aromatic heterocycles. The van der Waals surface area contributed by atoms with Crippen LogP contribution in [0.15, 0.2) is 18.2 Å². The standard InChI is InChI=1S/C19H24O5/c1-2-3-4-5-6-7-17(21)14-8-11-18(15(12-14)13-20)24-19(22)23-16-9-10-16/h8,11-13,16H,2-7,9-10H2,1H3. The molecule has 24 heavy (non-hydrogen) atoms. The van der Waals surface area contributed by atoms with E-state index in [1.807, 2.05) is 0 Å². The molecule has 1 saturated carbocycles. The summed E-state index contributed by atoms with van der Waals surface area (Å²) in [5, 5.41) is 0. The van der Waals surface area contributed by atoms with E-state index in [4.69, 9.17) is 9.47 Å². The molecule has 0 unspecified atom stereocenters. The van der Waals surface area contributed by atoms with E-state index in [-0.39, 0.29) is 23.2 Å². The van der Waals surface area contributed by atoms with Gasteiger partial charge in [0.05, 0.1) is 5.56 Å². The summed E-state index contributed by atoms with van der Waals surface area (Å²) in [5.74, 6) is 0.122. The first-order chi connectivity index (χ1) is 11.6. The summed E-state index contributed by atoms with van der Waals surface area (Å²) in [6.45, 7) is 2.15. The SMILES string of the molecule is CCCCCCCC(=O)c1ccc(OC(=O)OC2CC2)c(C=O)c1. The molecule has 0 bridgehead atoms. The normalized spacial score (nSPS) is 13.4. The third kappa shape index (κ3) is 5.80. The first kappa shape index (κ1) is 18.2. The van der Waals surface area contributed by atoms with Gasteiger partial charge < -0.3 is 9.47 Å². The van der Waals surface area contributed by atoms with Crippen molar-refractivity contribution >= 4 is 18.2 Å². The highest BCUT2D eigenvalue weighted by atomic mass is 16.7. The molecule has 2 rings (SSSR count). The van der Waals surface area contributed by atoms with Gasteiger partial charge in [-0.25, -0.2) is 4.79 Å². The van der Waals surface area contributed by atoms with Crippen LogP contribution in [0, 0.1) is 0 Å². The second-order valence-corrected chi connectivity index (χ2v) is 6.13. The number of ketones is 1. The molecule has 130 valence electrons. The van der Waals surface area contributed by atoms with Crippen LogP contribution in [-0.4, -0.2) is 24.3 Å². The van der Waals surface area contributed by atoms with Crippen LogP contribution >= 0.6 is 0 Å². The van der Waals surface area contributed by atoms with E-state index in [0.717, 1.165) is 32.1 Å². The van der Waals surface area contributed by atoms with Crippen molar-refractivity contribution < 1.29 is 23.9 Å². The van der Waals surface area contributed by atoms with E-state index in [0.29, 0.717) is 18.3 Å². The molecular formula is C19H24O5. The molecular weight excluding hydrogens is 308 g/mol. The van der Waals surface area contributed by atoms with E-state index in [1.165, 1.54) is 25.0 Å². The van der Waals surface area contributed by atoms with Gasteiger partial charge in [-0.3, -0.25) is 9.59 Å². The minimum absolute atomic E-state index is 0.00158. The molecule has 0 aliphatic heterocycles. The number of hydrogen-bond donors (Lipinski definition) is 0. The van der Waals surface area contributed by atoms with E-state index >= 15 is 0 Å². The summed E-state index contributed by atoms with van der Waals surface area (Å²) in [7, 11) is 0. The number of benzene rings is 1. The van der Waals surface area contributed by atoms with Crippen molar-refractivity contribution in [2.45, 2.75) is 64.4 Å². The van der Waals surface area contributed by atoms with Crippen molar-refractivity contribution in [3.8, 4) is 5.75 Å². The molecule has 1 aromatic carbocycles. The molecule has 0 amide bonds. The molecule has 1 fully saturated rings.